The molecule has 0 bridgehead atoms. The standard InChI is InChI=1S/C16H15Cl3N2O2/c17-10-3-1-9(2-4-10)15(8-13(20)16(22)23)21-14-6-5-11(18)7-12(14)19/h1,3,5-7,15,20-21H,2,4,8H2,(H,22,23)/p+1. The van der Waals surface area contributed by atoms with Crippen molar-refractivity contribution in [2.24, 2.45) is 0 Å². The van der Waals surface area contributed by atoms with Crippen LogP contribution in [0, 0.1) is 5.41 Å². The van der Waals surface area contributed by atoms with Crippen LogP contribution in [0.5, 0.6) is 0 Å². The van der Waals surface area contributed by atoms with Crippen LogP contribution in [0.15, 0.2) is 41.0 Å². The Morgan fingerprint density at radius 3 is 2.57 bits per heavy atom. The number of carboxylic acid groups (broad SMARTS) is 1. The predicted octanol–water partition coefficient (Wildman–Crippen LogP) is 3.89. The smallest absolute Gasteiger partial charge is 0.349 e. The number of hydrogen-bond donors (Lipinski definition) is 3. The molecular formula is C16H16Cl3N2O2+. The SMILES string of the molecule is N=C(CC([NH2+]c1ccc(Cl)cc1Cl)C1=CC=C(Cl)CC1)C(=O)O. The first-order valence-corrected chi connectivity index (χ1v) is 8.16. The third-order valence-electron chi connectivity index (χ3n) is 3.63. The van der Waals surface area contributed by atoms with Crippen LogP contribution in [0.2, 0.25) is 10.0 Å². The fraction of sp³-hybridized carbons (Fsp3) is 0.250. The van der Waals surface area contributed by atoms with E-state index in [0.717, 1.165) is 22.7 Å². The van der Waals surface area contributed by atoms with Gasteiger partial charge >= 0.3 is 5.97 Å². The second-order valence-corrected chi connectivity index (χ2v) is 6.61. The average molecular weight is 375 g/mol. The normalized spacial score (nSPS) is 15.6. The quantitative estimate of drug-likeness (QED) is 0.522. The number of nitrogens with two attached hydrogens (primary N) is 1. The molecule has 4 N–H and O–H groups in total. The summed E-state index contributed by atoms with van der Waals surface area (Å²) in [5.74, 6) is -1.21. The second kappa shape index (κ2) is 7.97. The summed E-state index contributed by atoms with van der Waals surface area (Å²) in [6.07, 6.45) is 5.26. The molecule has 23 heavy (non-hydrogen) atoms. The number of rotatable bonds is 6. The molecule has 0 saturated heterocycles. The number of nitrogens with one attached hydrogen (secondary N) is 1. The lowest BCUT2D eigenvalue weighted by atomic mass is 9.93. The van der Waals surface area contributed by atoms with Crippen LogP contribution >= 0.6 is 34.8 Å². The van der Waals surface area contributed by atoms with Gasteiger partial charge in [0.05, 0.1) is 6.42 Å². The highest BCUT2D eigenvalue weighted by atomic mass is 35.5. The zero-order chi connectivity index (χ0) is 17.0. The predicted molar refractivity (Wildman–Crippen MR) is 93.1 cm³/mol. The van der Waals surface area contributed by atoms with E-state index in [9.17, 15) is 4.79 Å². The van der Waals surface area contributed by atoms with Crippen molar-refractivity contribution in [3.8, 4) is 0 Å². The van der Waals surface area contributed by atoms with E-state index in [2.05, 4.69) is 0 Å². The van der Waals surface area contributed by atoms with Crippen molar-refractivity contribution in [3.63, 3.8) is 0 Å². The molecule has 2 rings (SSSR count). The van der Waals surface area contributed by atoms with Crippen molar-refractivity contribution in [1.29, 1.82) is 5.41 Å². The number of carboxylic acids is 1. The Bertz CT molecular complexity index is 699. The van der Waals surface area contributed by atoms with Crippen molar-refractivity contribution in [2.75, 3.05) is 0 Å². The van der Waals surface area contributed by atoms with Gasteiger partial charge in [-0.15, -0.1) is 0 Å². The van der Waals surface area contributed by atoms with Crippen molar-refractivity contribution in [2.45, 2.75) is 25.3 Å². The third-order valence-corrected chi connectivity index (χ3v) is 4.51. The Kier molecular flexibility index (Phi) is 6.25. The van der Waals surface area contributed by atoms with Crippen LogP contribution in [-0.2, 0) is 4.79 Å². The highest BCUT2D eigenvalue weighted by Crippen LogP contribution is 2.26. The monoisotopic (exact) mass is 373 g/mol. The molecule has 1 aromatic rings. The Morgan fingerprint density at radius 2 is 2.00 bits per heavy atom. The summed E-state index contributed by atoms with van der Waals surface area (Å²) in [5, 5.41) is 20.3. The van der Waals surface area contributed by atoms with Gasteiger partial charge in [-0.05, 0) is 36.6 Å². The fourth-order valence-corrected chi connectivity index (χ4v) is 3.02. The largest absolute Gasteiger partial charge is 0.477 e. The lowest BCUT2D eigenvalue weighted by Gasteiger charge is -2.20. The third kappa shape index (κ3) is 5.08. The van der Waals surface area contributed by atoms with Gasteiger partial charge in [-0.3, -0.25) is 5.41 Å². The molecule has 122 valence electrons. The number of carbonyl (C=O) groups is 1. The summed E-state index contributed by atoms with van der Waals surface area (Å²) in [4.78, 5) is 11.0. The van der Waals surface area contributed by atoms with Crippen LogP contribution in [0.1, 0.15) is 19.3 Å². The lowest BCUT2D eigenvalue weighted by Crippen LogP contribution is -2.85. The summed E-state index contributed by atoms with van der Waals surface area (Å²) in [7, 11) is 0. The number of aliphatic carboxylic acids is 1. The number of hydrogen-bond acceptors (Lipinski definition) is 2. The molecule has 0 aromatic heterocycles. The van der Waals surface area contributed by atoms with Gasteiger partial charge in [0, 0.05) is 16.1 Å². The lowest BCUT2D eigenvalue weighted by molar-refractivity contribution is -0.600. The van der Waals surface area contributed by atoms with Gasteiger partial charge in [-0.2, -0.15) is 0 Å². The molecule has 4 nitrogen and oxygen atoms in total. The molecule has 0 heterocycles. The number of quaternary nitrogens is 1. The van der Waals surface area contributed by atoms with E-state index >= 15 is 0 Å². The topological polar surface area (TPSA) is 77.8 Å². The van der Waals surface area contributed by atoms with Gasteiger partial charge < -0.3 is 10.4 Å². The van der Waals surface area contributed by atoms with Gasteiger partial charge in [0.25, 0.3) is 0 Å². The Labute approximate surface area is 149 Å². The van der Waals surface area contributed by atoms with Crippen molar-refractivity contribution in [1.82, 2.24) is 0 Å². The number of allylic oxidation sites excluding steroid dienone is 3. The van der Waals surface area contributed by atoms with Gasteiger partial charge in [-0.25, -0.2) is 4.79 Å². The van der Waals surface area contributed by atoms with Crippen LogP contribution < -0.4 is 5.32 Å². The minimum absolute atomic E-state index is 0.103. The minimum atomic E-state index is -1.21. The highest BCUT2D eigenvalue weighted by Gasteiger charge is 2.25. The molecule has 1 aliphatic carbocycles. The van der Waals surface area contributed by atoms with E-state index in [4.69, 9.17) is 45.3 Å². The van der Waals surface area contributed by atoms with E-state index in [0.29, 0.717) is 16.5 Å². The molecule has 0 amide bonds. The maximum absolute atomic E-state index is 11.0. The highest BCUT2D eigenvalue weighted by molar-refractivity contribution is 6.36. The number of benzene rings is 1. The summed E-state index contributed by atoms with van der Waals surface area (Å²) < 4.78 is 0. The van der Waals surface area contributed by atoms with E-state index < -0.39 is 5.97 Å². The Hall–Kier alpha value is -1.33. The van der Waals surface area contributed by atoms with Crippen LogP contribution in [0.3, 0.4) is 0 Å². The van der Waals surface area contributed by atoms with Crippen molar-refractivity contribution in [3.05, 3.63) is 51.0 Å². The molecule has 1 atom stereocenters. The summed E-state index contributed by atoms with van der Waals surface area (Å²) in [6.45, 7) is 0. The van der Waals surface area contributed by atoms with Crippen molar-refractivity contribution < 1.29 is 15.2 Å². The Balaban J connectivity index is 2.26. The first-order valence-electron chi connectivity index (χ1n) is 7.02. The molecule has 0 aliphatic heterocycles. The molecule has 0 radical (unpaired) electrons. The minimum Gasteiger partial charge on any atom is -0.477 e. The maximum Gasteiger partial charge on any atom is 0.349 e. The number of halogens is 3. The van der Waals surface area contributed by atoms with Gasteiger partial charge in [-0.1, -0.05) is 40.9 Å². The molecule has 0 fully saturated rings. The summed E-state index contributed by atoms with van der Waals surface area (Å²) >= 11 is 18.1. The van der Waals surface area contributed by atoms with Crippen molar-refractivity contribution >= 4 is 52.2 Å². The van der Waals surface area contributed by atoms with Gasteiger partial charge in [0.1, 0.15) is 22.5 Å². The van der Waals surface area contributed by atoms with Gasteiger partial charge in [0.2, 0.25) is 0 Å². The van der Waals surface area contributed by atoms with E-state index in [-0.39, 0.29) is 18.2 Å². The zero-order valence-corrected chi connectivity index (χ0v) is 14.4. The summed E-state index contributed by atoms with van der Waals surface area (Å²) in [5.41, 5.74) is 1.46. The molecule has 7 heteroatoms. The average Bonchev–Trinajstić information content (AvgIpc) is 2.49. The fourth-order valence-electron chi connectivity index (χ4n) is 2.39. The zero-order valence-electron chi connectivity index (χ0n) is 12.2. The molecule has 0 saturated carbocycles. The van der Waals surface area contributed by atoms with Crippen LogP contribution in [0.4, 0.5) is 5.69 Å². The molecule has 1 unspecified atom stereocenters. The first kappa shape index (κ1) is 18.0. The van der Waals surface area contributed by atoms with Crippen LogP contribution in [0.25, 0.3) is 0 Å². The van der Waals surface area contributed by atoms with E-state index in [1.807, 2.05) is 17.5 Å². The summed E-state index contributed by atoms with van der Waals surface area (Å²) in [6, 6.07) is 4.93. The Morgan fingerprint density at radius 1 is 1.26 bits per heavy atom. The first-order chi connectivity index (χ1) is 10.9. The van der Waals surface area contributed by atoms with Crippen LogP contribution in [-0.4, -0.2) is 22.8 Å². The second-order valence-electron chi connectivity index (χ2n) is 5.28. The molecule has 1 aliphatic rings. The molecule has 0 spiro atoms. The van der Waals surface area contributed by atoms with E-state index in [1.54, 1.807) is 18.2 Å². The molecule has 1 aromatic carbocycles. The van der Waals surface area contributed by atoms with Gasteiger partial charge in [0.15, 0.2) is 0 Å². The van der Waals surface area contributed by atoms with E-state index in [1.165, 1.54) is 0 Å². The maximum atomic E-state index is 11.0. The molecular weight excluding hydrogens is 359 g/mol.